The number of aromatic amines is 1. The number of halogens is 1. The van der Waals surface area contributed by atoms with Crippen LogP contribution in [0.5, 0.6) is 11.5 Å². The number of nitrogens with one attached hydrogen (secondary N) is 1. The topological polar surface area (TPSA) is 106 Å². The number of hydrogen-bond acceptors (Lipinski definition) is 7. The molecule has 1 unspecified atom stereocenters. The van der Waals surface area contributed by atoms with Crippen LogP contribution in [0.4, 0.5) is 4.39 Å². The second-order valence-electron chi connectivity index (χ2n) is 8.83. The fraction of sp³-hybridized carbons (Fsp3) is 0.304. The highest BCUT2D eigenvalue weighted by molar-refractivity contribution is 7.87. The number of ether oxygens (including phenoxy) is 2. The maximum absolute atomic E-state index is 14.1. The van der Waals surface area contributed by atoms with Gasteiger partial charge in [0.2, 0.25) is 0 Å². The summed E-state index contributed by atoms with van der Waals surface area (Å²) in [5.74, 6) is 0.660. The number of pyridine rings is 1. The van der Waals surface area contributed by atoms with E-state index in [2.05, 4.69) is 20.0 Å². The van der Waals surface area contributed by atoms with Crippen LogP contribution in [0.2, 0.25) is 0 Å². The molecule has 2 aliphatic heterocycles. The second-order valence-corrected chi connectivity index (χ2v) is 10.6. The number of piperazine rings is 1. The molecule has 1 N–H and O–H groups in total. The van der Waals surface area contributed by atoms with Crippen LogP contribution in [0.1, 0.15) is 6.92 Å². The standard InChI is InChI=1S/C23H23FN6O4S/c1-23(24)33-20-4-3-15(10-21(20)34-23)19-13-26-22-18(19)9-16(11-25-22)17-12-27-30(14-17)35(31,32)29-7-5-28(2)6-8-29/h3-4,9-14H,5-8H2,1-2H3,(H,25,26). The summed E-state index contributed by atoms with van der Waals surface area (Å²) in [4.78, 5) is 9.73. The van der Waals surface area contributed by atoms with Crippen LogP contribution in [-0.2, 0) is 10.2 Å². The van der Waals surface area contributed by atoms with Crippen molar-refractivity contribution in [3.63, 3.8) is 0 Å². The van der Waals surface area contributed by atoms with Gasteiger partial charge in [-0.05, 0) is 30.8 Å². The van der Waals surface area contributed by atoms with Gasteiger partial charge in [0.05, 0.1) is 12.4 Å². The Morgan fingerprint density at radius 3 is 2.60 bits per heavy atom. The van der Waals surface area contributed by atoms with E-state index in [-0.39, 0.29) is 0 Å². The van der Waals surface area contributed by atoms with Crippen LogP contribution in [0.15, 0.2) is 49.1 Å². The predicted molar refractivity (Wildman–Crippen MR) is 127 cm³/mol. The molecule has 182 valence electrons. The maximum atomic E-state index is 14.1. The van der Waals surface area contributed by atoms with Gasteiger partial charge in [-0.25, -0.2) is 4.98 Å². The molecule has 1 fully saturated rings. The van der Waals surface area contributed by atoms with E-state index in [1.165, 1.54) is 23.6 Å². The summed E-state index contributed by atoms with van der Waals surface area (Å²) >= 11 is 0. The van der Waals surface area contributed by atoms with Crippen LogP contribution < -0.4 is 9.47 Å². The number of fused-ring (bicyclic) bond motifs is 2. The van der Waals surface area contributed by atoms with Crippen molar-refractivity contribution in [3.8, 4) is 33.8 Å². The third-order valence-corrected chi connectivity index (χ3v) is 7.98. The summed E-state index contributed by atoms with van der Waals surface area (Å²) in [6, 6.07) is 4.93. The maximum Gasteiger partial charge on any atom is 0.404 e. The van der Waals surface area contributed by atoms with Crippen molar-refractivity contribution in [2.24, 2.45) is 0 Å². The van der Waals surface area contributed by atoms with Gasteiger partial charge in [-0.3, -0.25) is 0 Å². The van der Waals surface area contributed by atoms with E-state index in [0.717, 1.165) is 26.2 Å². The van der Waals surface area contributed by atoms with Crippen molar-refractivity contribution in [3.05, 3.63) is 49.1 Å². The first kappa shape index (κ1) is 22.0. The Kier molecular flexibility index (Phi) is 4.88. The number of likely N-dealkylation sites (N-methyl/N-ethyl adjacent to an activating group) is 1. The lowest BCUT2D eigenvalue weighted by Gasteiger charge is -2.31. The molecule has 0 saturated carbocycles. The van der Waals surface area contributed by atoms with Gasteiger partial charge in [0, 0.05) is 67.6 Å². The van der Waals surface area contributed by atoms with Gasteiger partial charge in [0.1, 0.15) is 5.65 Å². The van der Waals surface area contributed by atoms with Crippen LogP contribution in [0, 0.1) is 0 Å². The van der Waals surface area contributed by atoms with E-state index >= 15 is 0 Å². The van der Waals surface area contributed by atoms with E-state index in [1.807, 2.05) is 25.4 Å². The molecule has 5 heterocycles. The van der Waals surface area contributed by atoms with E-state index in [0.29, 0.717) is 48.9 Å². The molecule has 0 aliphatic carbocycles. The number of alkyl halides is 1. The number of nitrogens with zero attached hydrogens (tertiary/aromatic N) is 5. The summed E-state index contributed by atoms with van der Waals surface area (Å²) in [6.45, 7) is 3.40. The molecule has 1 saturated heterocycles. The summed E-state index contributed by atoms with van der Waals surface area (Å²) in [5.41, 5.74) is 3.64. The lowest BCUT2D eigenvalue weighted by atomic mass is 10.0. The van der Waals surface area contributed by atoms with E-state index in [1.54, 1.807) is 18.3 Å². The number of benzene rings is 1. The van der Waals surface area contributed by atoms with Crippen LogP contribution in [0.25, 0.3) is 33.3 Å². The Morgan fingerprint density at radius 2 is 1.80 bits per heavy atom. The molecule has 3 aromatic heterocycles. The molecule has 6 rings (SSSR count). The average molecular weight is 499 g/mol. The monoisotopic (exact) mass is 498 g/mol. The van der Waals surface area contributed by atoms with Crippen LogP contribution >= 0.6 is 0 Å². The average Bonchev–Trinajstić information content (AvgIpc) is 3.54. The van der Waals surface area contributed by atoms with Gasteiger partial charge >= 0.3 is 16.3 Å². The minimum atomic E-state index is -3.74. The number of hydrogen-bond donors (Lipinski definition) is 1. The molecule has 10 nitrogen and oxygen atoms in total. The third-order valence-electron chi connectivity index (χ3n) is 6.29. The summed E-state index contributed by atoms with van der Waals surface area (Å²) in [6.07, 6.45) is 6.51. The first-order chi connectivity index (χ1) is 16.7. The molecule has 0 radical (unpaired) electrons. The molecule has 35 heavy (non-hydrogen) atoms. The predicted octanol–water partition coefficient (Wildman–Crippen LogP) is 2.85. The van der Waals surface area contributed by atoms with Gasteiger partial charge in [-0.1, -0.05) is 6.07 Å². The molecular weight excluding hydrogens is 475 g/mol. The zero-order chi connectivity index (χ0) is 24.4. The molecule has 4 aromatic rings. The van der Waals surface area contributed by atoms with Gasteiger partial charge in [-0.15, -0.1) is 0 Å². The molecule has 2 aliphatic rings. The molecule has 0 spiro atoms. The van der Waals surface area contributed by atoms with Crippen LogP contribution in [-0.4, -0.2) is 76.0 Å². The van der Waals surface area contributed by atoms with Gasteiger partial charge in [-0.2, -0.15) is 26.3 Å². The Hall–Kier alpha value is -3.48. The van der Waals surface area contributed by atoms with Crippen molar-refractivity contribution < 1.29 is 22.3 Å². The third kappa shape index (κ3) is 3.83. The lowest BCUT2D eigenvalue weighted by Crippen LogP contribution is -2.48. The first-order valence-corrected chi connectivity index (χ1v) is 12.5. The lowest BCUT2D eigenvalue weighted by molar-refractivity contribution is -0.173. The highest BCUT2D eigenvalue weighted by atomic mass is 32.2. The molecular formula is C23H23FN6O4S. The zero-order valence-corrected chi connectivity index (χ0v) is 19.9. The zero-order valence-electron chi connectivity index (χ0n) is 19.1. The summed E-state index contributed by atoms with van der Waals surface area (Å²) in [7, 11) is -1.77. The normalized spacial score (nSPS) is 21.1. The number of H-pyrrole nitrogens is 1. The Morgan fingerprint density at radius 1 is 1.03 bits per heavy atom. The van der Waals surface area contributed by atoms with Crippen molar-refractivity contribution in [2.75, 3.05) is 33.2 Å². The van der Waals surface area contributed by atoms with Gasteiger partial charge < -0.3 is 19.4 Å². The molecule has 1 atom stereocenters. The smallest absolute Gasteiger partial charge is 0.404 e. The number of rotatable bonds is 4. The largest absolute Gasteiger partial charge is 0.423 e. The Labute approximate surface area is 201 Å². The number of aromatic nitrogens is 4. The SMILES string of the molecule is CN1CCN(S(=O)(=O)n2cc(-c3cnc4[nH]cc(-c5ccc6c(c5)OC(C)(F)O6)c4c3)cn2)CC1. The molecule has 0 bridgehead atoms. The van der Waals surface area contributed by atoms with Gasteiger partial charge in [0.25, 0.3) is 0 Å². The quantitative estimate of drug-likeness (QED) is 0.461. The summed E-state index contributed by atoms with van der Waals surface area (Å²) in [5, 5.41) is 4.95. The minimum absolute atomic E-state index is 0.321. The Bertz CT molecular complexity index is 1540. The van der Waals surface area contributed by atoms with E-state index in [9.17, 15) is 12.8 Å². The molecule has 0 amide bonds. The minimum Gasteiger partial charge on any atom is -0.423 e. The van der Waals surface area contributed by atoms with Gasteiger partial charge in [0.15, 0.2) is 11.5 Å². The van der Waals surface area contributed by atoms with E-state index in [4.69, 9.17) is 9.47 Å². The highest BCUT2D eigenvalue weighted by Crippen LogP contribution is 2.43. The van der Waals surface area contributed by atoms with Crippen molar-refractivity contribution in [2.45, 2.75) is 13.0 Å². The van der Waals surface area contributed by atoms with Crippen molar-refractivity contribution in [1.29, 1.82) is 0 Å². The fourth-order valence-corrected chi connectivity index (χ4v) is 5.64. The second kappa shape index (κ2) is 7.77. The Balaban J connectivity index is 1.33. The molecule has 1 aromatic carbocycles. The van der Waals surface area contributed by atoms with Crippen molar-refractivity contribution >= 4 is 21.2 Å². The van der Waals surface area contributed by atoms with Crippen molar-refractivity contribution in [1.82, 2.24) is 28.4 Å². The first-order valence-electron chi connectivity index (χ1n) is 11.1. The summed E-state index contributed by atoms with van der Waals surface area (Å²) < 4.78 is 53.0. The van der Waals surface area contributed by atoms with Crippen LogP contribution in [0.3, 0.4) is 0 Å². The van der Waals surface area contributed by atoms with E-state index < -0.39 is 16.3 Å². The molecule has 12 heteroatoms. The highest BCUT2D eigenvalue weighted by Gasteiger charge is 2.37. The fourth-order valence-electron chi connectivity index (χ4n) is 4.37.